The van der Waals surface area contributed by atoms with Gasteiger partial charge in [-0.25, -0.2) is 13.1 Å². The van der Waals surface area contributed by atoms with Gasteiger partial charge in [0, 0.05) is 38.3 Å². The fourth-order valence-electron chi connectivity index (χ4n) is 4.57. The number of nitrogens with one attached hydrogen (secondary N) is 1. The summed E-state index contributed by atoms with van der Waals surface area (Å²) in [6.07, 6.45) is 11.2. The van der Waals surface area contributed by atoms with E-state index < -0.39 is 27.5 Å². The predicted octanol–water partition coefficient (Wildman–Crippen LogP) is 4.48. The highest BCUT2D eigenvalue weighted by Gasteiger charge is 2.47. The summed E-state index contributed by atoms with van der Waals surface area (Å²) in [6.45, 7) is 3.17. The number of allylic oxidation sites excluding steroid dienone is 7. The van der Waals surface area contributed by atoms with Gasteiger partial charge in [0.05, 0.1) is 18.9 Å². The summed E-state index contributed by atoms with van der Waals surface area (Å²) in [4.78, 5) is 0. The SMILES string of the molecule is COCCCCn1nc(C2=CC=CCC(C3(NS(=O)(=O)CC(F)(F)F)COC3)=C2)cc1OC1C=CC(C)=CC1. The Balaban J connectivity index is 1.60. The van der Waals surface area contributed by atoms with Crippen LogP contribution in [0.3, 0.4) is 0 Å². The van der Waals surface area contributed by atoms with Crippen LogP contribution in [0.2, 0.25) is 0 Å². The van der Waals surface area contributed by atoms with Crippen LogP contribution in [0.5, 0.6) is 5.88 Å². The minimum absolute atomic E-state index is 0.0553. The molecule has 12 heteroatoms. The molecule has 0 amide bonds. The van der Waals surface area contributed by atoms with E-state index in [0.29, 0.717) is 42.3 Å². The quantitative estimate of drug-likeness (QED) is 0.373. The summed E-state index contributed by atoms with van der Waals surface area (Å²) in [7, 11) is -2.98. The minimum Gasteiger partial charge on any atom is -0.470 e. The highest BCUT2D eigenvalue weighted by atomic mass is 32.2. The van der Waals surface area contributed by atoms with Crippen LogP contribution in [0.25, 0.3) is 5.57 Å². The molecule has 1 unspecified atom stereocenters. The maximum Gasteiger partial charge on any atom is 0.404 e. The Morgan fingerprint density at radius 1 is 1.28 bits per heavy atom. The Kier molecular flexibility index (Phi) is 9.20. The van der Waals surface area contributed by atoms with E-state index in [1.165, 1.54) is 5.57 Å². The van der Waals surface area contributed by atoms with Gasteiger partial charge in [0.2, 0.25) is 15.9 Å². The highest BCUT2D eigenvalue weighted by molar-refractivity contribution is 7.89. The second-order valence-corrected chi connectivity index (χ2v) is 11.7. The molecule has 39 heavy (non-hydrogen) atoms. The summed E-state index contributed by atoms with van der Waals surface area (Å²) in [6, 6.07) is 1.84. The van der Waals surface area contributed by atoms with Crippen molar-refractivity contribution in [1.29, 1.82) is 0 Å². The molecule has 1 aromatic rings. The number of methoxy groups -OCH3 is 1. The molecular weight excluding hydrogens is 535 g/mol. The number of aryl methyl sites for hydroxylation is 1. The number of nitrogens with zero attached hydrogens (tertiary/aromatic N) is 2. The largest absolute Gasteiger partial charge is 0.470 e. The Hall–Kier alpha value is -2.67. The Bertz CT molecular complexity index is 1290. The predicted molar refractivity (Wildman–Crippen MR) is 142 cm³/mol. The lowest BCUT2D eigenvalue weighted by molar-refractivity contribution is -0.107. The fourth-order valence-corrected chi connectivity index (χ4v) is 5.92. The fraction of sp³-hybridized carbons (Fsp3) is 0.519. The van der Waals surface area contributed by atoms with Crippen molar-refractivity contribution < 1.29 is 35.8 Å². The number of hydrogen-bond acceptors (Lipinski definition) is 6. The van der Waals surface area contributed by atoms with Crippen LogP contribution >= 0.6 is 0 Å². The zero-order chi connectivity index (χ0) is 28.1. The second-order valence-electron chi connectivity index (χ2n) is 9.97. The Morgan fingerprint density at radius 2 is 2.08 bits per heavy atom. The number of alkyl halides is 3. The molecule has 1 N–H and O–H groups in total. The molecule has 0 spiro atoms. The number of unbranched alkanes of at least 4 members (excludes halogenated alkanes) is 1. The molecule has 8 nitrogen and oxygen atoms in total. The lowest BCUT2D eigenvalue weighted by Crippen LogP contribution is -2.64. The first kappa shape index (κ1) is 29.3. The van der Waals surface area contributed by atoms with Gasteiger partial charge in [-0.3, -0.25) is 0 Å². The molecule has 1 fully saturated rings. The molecular formula is C27H34F3N3O5S. The van der Waals surface area contributed by atoms with Crippen molar-refractivity contribution in [1.82, 2.24) is 14.5 Å². The summed E-state index contributed by atoms with van der Waals surface area (Å²) in [5.74, 6) is -1.35. The van der Waals surface area contributed by atoms with Crippen LogP contribution in [0.1, 0.15) is 38.3 Å². The first-order valence-corrected chi connectivity index (χ1v) is 14.5. The van der Waals surface area contributed by atoms with Crippen molar-refractivity contribution >= 4 is 15.6 Å². The molecule has 0 bridgehead atoms. The van der Waals surface area contributed by atoms with Crippen molar-refractivity contribution in [3.63, 3.8) is 0 Å². The van der Waals surface area contributed by atoms with Gasteiger partial charge in [-0.2, -0.15) is 23.0 Å². The lowest BCUT2D eigenvalue weighted by Gasteiger charge is -2.43. The summed E-state index contributed by atoms with van der Waals surface area (Å²) >= 11 is 0. The summed E-state index contributed by atoms with van der Waals surface area (Å²) < 4.78 is 84.1. The van der Waals surface area contributed by atoms with Crippen molar-refractivity contribution in [2.45, 2.75) is 57.0 Å². The highest BCUT2D eigenvalue weighted by Crippen LogP contribution is 2.35. The number of hydrogen-bond donors (Lipinski definition) is 1. The molecule has 2 heterocycles. The van der Waals surface area contributed by atoms with Crippen LogP contribution in [-0.4, -0.2) is 68.7 Å². The number of sulfonamides is 1. The number of ether oxygens (including phenoxy) is 3. The van der Waals surface area contributed by atoms with Crippen molar-refractivity contribution in [3.8, 4) is 5.88 Å². The van der Waals surface area contributed by atoms with E-state index >= 15 is 0 Å². The van der Waals surface area contributed by atoms with E-state index in [2.05, 4.69) is 10.8 Å². The minimum atomic E-state index is -4.85. The third kappa shape index (κ3) is 7.93. The average molecular weight is 570 g/mol. The van der Waals surface area contributed by atoms with Gasteiger partial charge in [-0.15, -0.1) is 0 Å². The zero-order valence-electron chi connectivity index (χ0n) is 22.0. The van der Waals surface area contributed by atoms with Gasteiger partial charge in [-0.05, 0) is 37.8 Å². The molecule has 1 aromatic heterocycles. The van der Waals surface area contributed by atoms with E-state index in [9.17, 15) is 21.6 Å². The third-order valence-corrected chi connectivity index (χ3v) is 8.03. The lowest BCUT2D eigenvalue weighted by atomic mass is 9.85. The molecule has 0 radical (unpaired) electrons. The smallest absolute Gasteiger partial charge is 0.404 e. The van der Waals surface area contributed by atoms with Crippen LogP contribution in [0, 0.1) is 0 Å². The molecule has 214 valence electrons. The van der Waals surface area contributed by atoms with Gasteiger partial charge >= 0.3 is 6.18 Å². The molecule has 1 aliphatic heterocycles. The van der Waals surface area contributed by atoms with E-state index in [1.54, 1.807) is 17.9 Å². The summed E-state index contributed by atoms with van der Waals surface area (Å²) in [5, 5.41) is 4.78. The first-order chi connectivity index (χ1) is 18.5. The molecule has 1 saturated heterocycles. The van der Waals surface area contributed by atoms with E-state index in [-0.39, 0.29) is 19.3 Å². The molecule has 1 atom stereocenters. The standard InChI is InChI=1S/C27H34F3N3O5S/c1-20-9-11-23(12-10-20)38-25-16-24(31-33(25)13-5-6-14-36-2)21-7-3-4-8-22(15-21)26(17-37-18-26)32-39(34,35)19-27(28,29)30/h3-4,7,9-11,15-16,23,32H,5-6,8,12-14,17-19H2,1-2H3. The van der Waals surface area contributed by atoms with Crippen molar-refractivity contribution in [2.24, 2.45) is 0 Å². The third-order valence-electron chi connectivity index (χ3n) is 6.62. The van der Waals surface area contributed by atoms with Crippen LogP contribution < -0.4 is 9.46 Å². The van der Waals surface area contributed by atoms with Gasteiger partial charge in [0.15, 0.2) is 5.75 Å². The van der Waals surface area contributed by atoms with Gasteiger partial charge < -0.3 is 14.2 Å². The van der Waals surface area contributed by atoms with Crippen LogP contribution in [0.4, 0.5) is 13.2 Å². The Labute approximate surface area is 226 Å². The van der Waals surface area contributed by atoms with Crippen molar-refractivity contribution in [2.75, 3.05) is 32.7 Å². The van der Waals surface area contributed by atoms with E-state index in [1.807, 2.05) is 43.4 Å². The van der Waals surface area contributed by atoms with E-state index in [4.69, 9.17) is 19.3 Å². The van der Waals surface area contributed by atoms with Gasteiger partial charge in [0.1, 0.15) is 11.6 Å². The molecule has 4 rings (SSSR count). The molecule has 0 aromatic carbocycles. The number of halogens is 3. The van der Waals surface area contributed by atoms with Crippen LogP contribution in [0.15, 0.2) is 59.7 Å². The number of rotatable bonds is 12. The Morgan fingerprint density at radius 3 is 2.72 bits per heavy atom. The zero-order valence-corrected chi connectivity index (χ0v) is 22.9. The normalized spacial score (nSPS) is 21.1. The maximum atomic E-state index is 12.9. The van der Waals surface area contributed by atoms with Gasteiger partial charge in [0.25, 0.3) is 0 Å². The monoisotopic (exact) mass is 569 g/mol. The maximum absolute atomic E-state index is 12.9. The average Bonchev–Trinajstić information content (AvgIpc) is 3.05. The van der Waals surface area contributed by atoms with E-state index in [0.717, 1.165) is 19.3 Å². The van der Waals surface area contributed by atoms with Crippen LogP contribution in [-0.2, 0) is 26.0 Å². The molecule has 2 aliphatic carbocycles. The topological polar surface area (TPSA) is 91.7 Å². The molecule has 3 aliphatic rings. The second kappa shape index (κ2) is 12.2. The number of aromatic nitrogens is 2. The first-order valence-electron chi connectivity index (χ1n) is 12.8. The summed E-state index contributed by atoms with van der Waals surface area (Å²) in [5.41, 5.74) is 1.83. The molecule has 0 saturated carbocycles. The van der Waals surface area contributed by atoms with Crippen molar-refractivity contribution in [3.05, 3.63) is 65.4 Å². The van der Waals surface area contributed by atoms with Gasteiger partial charge in [-0.1, -0.05) is 42.0 Å².